The molecule has 32 heavy (non-hydrogen) atoms. The van der Waals surface area contributed by atoms with Crippen LogP contribution in [0.1, 0.15) is 70.8 Å². The highest BCUT2D eigenvalue weighted by atomic mass is 16.5. The van der Waals surface area contributed by atoms with Crippen LogP contribution in [0.15, 0.2) is 58.8 Å². The maximum absolute atomic E-state index is 5.87. The molecule has 2 aromatic rings. The lowest BCUT2D eigenvalue weighted by Crippen LogP contribution is -2.40. The SMILES string of the molecule is CCCCCCCCc1ccc(N=Nc2ccc(OCCCC[N+](C)(C)CC)cc2)cc1. The van der Waals surface area contributed by atoms with Crippen molar-refractivity contribution in [3.05, 3.63) is 54.1 Å². The minimum absolute atomic E-state index is 0.760. The van der Waals surface area contributed by atoms with Crippen LogP contribution < -0.4 is 4.74 Å². The first-order chi connectivity index (χ1) is 15.5. The fraction of sp³-hybridized carbons (Fsp3) is 0.571. The predicted octanol–water partition coefficient (Wildman–Crippen LogP) is 8.26. The van der Waals surface area contributed by atoms with Gasteiger partial charge in [0.1, 0.15) is 5.75 Å². The van der Waals surface area contributed by atoms with E-state index < -0.39 is 0 Å². The predicted molar refractivity (Wildman–Crippen MR) is 136 cm³/mol. The van der Waals surface area contributed by atoms with E-state index in [0.29, 0.717) is 0 Å². The molecule has 0 aromatic heterocycles. The molecule has 176 valence electrons. The van der Waals surface area contributed by atoms with Gasteiger partial charge in [-0.25, -0.2) is 0 Å². The van der Waals surface area contributed by atoms with E-state index in [2.05, 4.69) is 62.4 Å². The standard InChI is InChI=1S/C28H44N3O/c1-5-7-8-9-10-11-14-25-15-17-26(18-16-25)29-30-27-19-21-28(22-20-27)32-24-13-12-23-31(3,4)6-2/h15-22H,5-14,23-24H2,1-4H3/q+1. The van der Waals surface area contributed by atoms with E-state index in [0.717, 1.165) is 41.1 Å². The largest absolute Gasteiger partial charge is 0.494 e. The summed E-state index contributed by atoms with van der Waals surface area (Å²) in [4.78, 5) is 0. The fourth-order valence-electron chi connectivity index (χ4n) is 3.55. The maximum atomic E-state index is 5.87. The fourth-order valence-corrected chi connectivity index (χ4v) is 3.55. The molecule has 0 aliphatic heterocycles. The first-order valence-electron chi connectivity index (χ1n) is 12.6. The van der Waals surface area contributed by atoms with Crippen molar-refractivity contribution < 1.29 is 9.22 Å². The summed E-state index contributed by atoms with van der Waals surface area (Å²) in [7, 11) is 4.55. The lowest BCUT2D eigenvalue weighted by atomic mass is 10.0. The van der Waals surface area contributed by atoms with Crippen LogP contribution in [0.3, 0.4) is 0 Å². The zero-order valence-corrected chi connectivity index (χ0v) is 20.9. The Labute approximate surface area is 196 Å². The van der Waals surface area contributed by atoms with Crippen LogP contribution in [-0.4, -0.2) is 38.3 Å². The van der Waals surface area contributed by atoms with E-state index in [-0.39, 0.29) is 0 Å². The van der Waals surface area contributed by atoms with Gasteiger partial charge in [-0.15, -0.1) is 0 Å². The van der Waals surface area contributed by atoms with Gasteiger partial charge in [-0.1, -0.05) is 51.2 Å². The summed E-state index contributed by atoms with van der Waals surface area (Å²) < 4.78 is 6.94. The molecule has 0 atom stereocenters. The third kappa shape index (κ3) is 10.9. The summed E-state index contributed by atoms with van der Waals surface area (Å²) in [5.41, 5.74) is 3.12. The summed E-state index contributed by atoms with van der Waals surface area (Å²) >= 11 is 0. The third-order valence-electron chi connectivity index (χ3n) is 6.16. The molecule has 4 heteroatoms. The molecule has 0 unspecified atom stereocenters. The number of hydrogen-bond acceptors (Lipinski definition) is 3. The molecule has 4 nitrogen and oxygen atoms in total. The molecular formula is C28H44N3O+. The second-order valence-electron chi connectivity index (χ2n) is 9.41. The van der Waals surface area contributed by atoms with Crippen LogP contribution in [0.4, 0.5) is 11.4 Å². The molecule has 0 fully saturated rings. The summed E-state index contributed by atoms with van der Waals surface area (Å²) in [6.45, 7) is 7.62. The van der Waals surface area contributed by atoms with E-state index in [1.807, 2.05) is 24.3 Å². The first kappa shape index (κ1) is 26.1. The van der Waals surface area contributed by atoms with Crippen LogP contribution in [-0.2, 0) is 6.42 Å². The number of quaternary nitrogens is 1. The average molecular weight is 439 g/mol. The van der Waals surface area contributed by atoms with Gasteiger partial charge in [-0.3, -0.25) is 0 Å². The molecule has 0 N–H and O–H groups in total. The number of aryl methyl sites for hydroxylation is 1. The Balaban J connectivity index is 1.68. The van der Waals surface area contributed by atoms with Crippen LogP contribution in [0.25, 0.3) is 0 Å². The Kier molecular flexibility index (Phi) is 12.0. The Hall–Kier alpha value is -2.20. The Morgan fingerprint density at radius 3 is 1.91 bits per heavy atom. The van der Waals surface area contributed by atoms with E-state index in [1.54, 1.807) is 0 Å². The number of azo groups is 1. The minimum Gasteiger partial charge on any atom is -0.494 e. The highest BCUT2D eigenvalue weighted by Crippen LogP contribution is 2.22. The van der Waals surface area contributed by atoms with Crippen molar-refractivity contribution in [3.8, 4) is 5.75 Å². The summed E-state index contributed by atoms with van der Waals surface area (Å²) in [5, 5.41) is 8.74. The number of benzene rings is 2. The normalized spacial score (nSPS) is 11.9. The van der Waals surface area contributed by atoms with E-state index in [1.165, 1.54) is 63.6 Å². The van der Waals surface area contributed by atoms with Gasteiger partial charge in [0, 0.05) is 0 Å². The van der Waals surface area contributed by atoms with Crippen molar-refractivity contribution in [3.63, 3.8) is 0 Å². The zero-order chi connectivity index (χ0) is 23.1. The quantitative estimate of drug-likeness (QED) is 0.147. The zero-order valence-electron chi connectivity index (χ0n) is 20.9. The average Bonchev–Trinajstić information content (AvgIpc) is 2.81. The van der Waals surface area contributed by atoms with Gasteiger partial charge in [-0.05, 0) is 74.6 Å². The van der Waals surface area contributed by atoms with Gasteiger partial charge in [0.2, 0.25) is 0 Å². The highest BCUT2D eigenvalue weighted by Gasteiger charge is 2.10. The second kappa shape index (κ2) is 14.8. The lowest BCUT2D eigenvalue weighted by molar-refractivity contribution is -0.888. The Bertz CT molecular complexity index is 766. The van der Waals surface area contributed by atoms with Crippen LogP contribution >= 0.6 is 0 Å². The molecule has 0 heterocycles. The van der Waals surface area contributed by atoms with Gasteiger partial charge < -0.3 is 9.22 Å². The molecule has 0 spiro atoms. The van der Waals surface area contributed by atoms with E-state index in [4.69, 9.17) is 4.74 Å². The smallest absolute Gasteiger partial charge is 0.119 e. The first-order valence-corrected chi connectivity index (χ1v) is 12.6. The minimum atomic E-state index is 0.760. The number of rotatable bonds is 16. The van der Waals surface area contributed by atoms with Gasteiger partial charge in [-0.2, -0.15) is 10.2 Å². The second-order valence-corrected chi connectivity index (χ2v) is 9.41. The van der Waals surface area contributed by atoms with Crippen molar-refractivity contribution in [2.75, 3.05) is 33.8 Å². The third-order valence-corrected chi connectivity index (χ3v) is 6.16. The van der Waals surface area contributed by atoms with E-state index in [9.17, 15) is 0 Å². The highest BCUT2D eigenvalue weighted by molar-refractivity contribution is 5.43. The summed E-state index contributed by atoms with van der Waals surface area (Å²) in [5.74, 6) is 0.896. The molecule has 0 aliphatic rings. The number of ether oxygens (including phenoxy) is 1. The molecular weight excluding hydrogens is 394 g/mol. The molecule has 0 radical (unpaired) electrons. The maximum Gasteiger partial charge on any atom is 0.119 e. The van der Waals surface area contributed by atoms with Gasteiger partial charge >= 0.3 is 0 Å². The van der Waals surface area contributed by atoms with E-state index >= 15 is 0 Å². The van der Waals surface area contributed by atoms with Gasteiger partial charge in [0.05, 0.1) is 45.2 Å². The summed E-state index contributed by atoms with van der Waals surface area (Å²) in [6.07, 6.45) is 11.4. The molecule has 0 amide bonds. The van der Waals surface area contributed by atoms with Crippen molar-refractivity contribution >= 4 is 11.4 Å². The molecule has 0 saturated heterocycles. The van der Waals surface area contributed by atoms with Crippen molar-refractivity contribution in [1.29, 1.82) is 0 Å². The molecule has 0 saturated carbocycles. The lowest BCUT2D eigenvalue weighted by Gasteiger charge is -2.28. The number of nitrogens with zero attached hydrogens (tertiary/aromatic N) is 3. The van der Waals surface area contributed by atoms with Crippen molar-refractivity contribution in [2.45, 2.75) is 71.6 Å². The topological polar surface area (TPSA) is 34.0 Å². The Morgan fingerprint density at radius 2 is 1.28 bits per heavy atom. The van der Waals surface area contributed by atoms with Crippen molar-refractivity contribution in [2.24, 2.45) is 10.2 Å². The number of hydrogen-bond donors (Lipinski definition) is 0. The molecule has 2 rings (SSSR count). The van der Waals surface area contributed by atoms with Crippen LogP contribution in [0, 0.1) is 0 Å². The van der Waals surface area contributed by atoms with Gasteiger partial charge in [0.25, 0.3) is 0 Å². The van der Waals surface area contributed by atoms with Crippen LogP contribution in [0.2, 0.25) is 0 Å². The molecule has 2 aromatic carbocycles. The molecule has 0 aliphatic carbocycles. The monoisotopic (exact) mass is 438 g/mol. The van der Waals surface area contributed by atoms with Gasteiger partial charge in [0.15, 0.2) is 0 Å². The van der Waals surface area contributed by atoms with Crippen LogP contribution in [0.5, 0.6) is 5.75 Å². The Morgan fingerprint density at radius 1 is 0.688 bits per heavy atom. The number of unbranched alkanes of at least 4 members (excludes halogenated alkanes) is 6. The summed E-state index contributed by atoms with van der Waals surface area (Å²) in [6, 6.07) is 16.4. The van der Waals surface area contributed by atoms with Crippen molar-refractivity contribution in [1.82, 2.24) is 0 Å². The molecule has 0 bridgehead atoms.